The molecular weight excluding hydrogens is 266 g/mol. The Balaban J connectivity index is 1.97. The average molecular weight is 283 g/mol. The van der Waals surface area contributed by atoms with Gasteiger partial charge in [-0.15, -0.1) is 0 Å². The molecule has 21 heavy (non-hydrogen) atoms. The van der Waals surface area contributed by atoms with Crippen LogP contribution in [0.3, 0.4) is 0 Å². The molecule has 0 radical (unpaired) electrons. The second kappa shape index (κ2) is 4.44. The Kier molecular flexibility index (Phi) is 2.93. The van der Waals surface area contributed by atoms with Crippen LogP contribution in [0.5, 0.6) is 0 Å². The third-order valence-corrected chi connectivity index (χ3v) is 4.43. The number of carbonyl (C=O) groups excluding carboxylic acids is 2. The number of rotatable bonds is 1. The maximum absolute atomic E-state index is 12.4. The number of anilines is 1. The van der Waals surface area contributed by atoms with Crippen LogP contribution in [0.25, 0.3) is 0 Å². The lowest BCUT2D eigenvalue weighted by atomic mass is 10.0. The first-order chi connectivity index (χ1) is 9.87. The third kappa shape index (κ3) is 1.97. The van der Waals surface area contributed by atoms with Crippen molar-refractivity contribution < 1.29 is 14.7 Å². The quantitative estimate of drug-likeness (QED) is 0.627. The highest BCUT2D eigenvalue weighted by Crippen LogP contribution is 2.63. The minimum Gasteiger partial charge on any atom is -0.384 e. The minimum absolute atomic E-state index is 0.110. The maximum Gasteiger partial charge on any atom is 0.238 e. The SMILES string of the molecule is Cc1cc(C#CCO)cc(N2C(=O)C3C(C2=O)C3(C)C)c1. The highest BCUT2D eigenvalue weighted by atomic mass is 16.2. The summed E-state index contributed by atoms with van der Waals surface area (Å²) in [4.78, 5) is 26.2. The molecule has 0 bridgehead atoms. The Morgan fingerprint density at radius 1 is 1.19 bits per heavy atom. The van der Waals surface area contributed by atoms with Crippen LogP contribution in [0.2, 0.25) is 0 Å². The number of hydrogen-bond acceptors (Lipinski definition) is 3. The summed E-state index contributed by atoms with van der Waals surface area (Å²) in [6.07, 6.45) is 0. The van der Waals surface area contributed by atoms with Crippen molar-refractivity contribution in [2.75, 3.05) is 11.5 Å². The van der Waals surface area contributed by atoms with E-state index in [0.717, 1.165) is 5.56 Å². The summed E-state index contributed by atoms with van der Waals surface area (Å²) in [5.74, 6) is 4.81. The molecule has 3 rings (SSSR count). The number of benzene rings is 1. The van der Waals surface area contributed by atoms with E-state index in [-0.39, 0.29) is 35.7 Å². The molecule has 4 nitrogen and oxygen atoms in total. The van der Waals surface area contributed by atoms with Gasteiger partial charge in [-0.2, -0.15) is 0 Å². The number of aliphatic hydroxyl groups excluding tert-OH is 1. The van der Waals surface area contributed by atoms with E-state index in [9.17, 15) is 9.59 Å². The second-order valence-electron chi connectivity index (χ2n) is 6.31. The molecule has 1 N–H and O–H groups in total. The van der Waals surface area contributed by atoms with Gasteiger partial charge in [0.25, 0.3) is 0 Å². The topological polar surface area (TPSA) is 57.6 Å². The lowest BCUT2D eigenvalue weighted by molar-refractivity contribution is -0.125. The molecule has 108 valence electrons. The van der Waals surface area contributed by atoms with E-state index in [0.29, 0.717) is 11.3 Å². The van der Waals surface area contributed by atoms with E-state index in [1.54, 1.807) is 6.07 Å². The Bertz CT molecular complexity index is 684. The van der Waals surface area contributed by atoms with Crippen molar-refractivity contribution in [2.45, 2.75) is 20.8 Å². The molecule has 1 aliphatic heterocycles. The number of carbonyl (C=O) groups is 2. The predicted octanol–water partition coefficient (Wildman–Crippen LogP) is 1.48. The van der Waals surface area contributed by atoms with Gasteiger partial charge in [0.2, 0.25) is 11.8 Å². The van der Waals surface area contributed by atoms with Gasteiger partial charge in [-0.3, -0.25) is 9.59 Å². The van der Waals surface area contributed by atoms with Crippen molar-refractivity contribution in [3.63, 3.8) is 0 Å². The molecular formula is C17H17NO3. The summed E-state index contributed by atoms with van der Waals surface area (Å²) >= 11 is 0. The van der Waals surface area contributed by atoms with Crippen LogP contribution in [-0.4, -0.2) is 23.5 Å². The fourth-order valence-corrected chi connectivity index (χ4v) is 3.31. The van der Waals surface area contributed by atoms with Crippen molar-refractivity contribution in [3.05, 3.63) is 29.3 Å². The molecule has 4 heteroatoms. The van der Waals surface area contributed by atoms with E-state index in [4.69, 9.17) is 5.11 Å². The number of aliphatic hydroxyl groups is 1. The maximum atomic E-state index is 12.4. The summed E-state index contributed by atoms with van der Waals surface area (Å²) in [6.45, 7) is 5.60. The van der Waals surface area contributed by atoms with Crippen molar-refractivity contribution in [1.29, 1.82) is 0 Å². The molecule has 2 amide bonds. The lowest BCUT2D eigenvalue weighted by Gasteiger charge is -2.21. The van der Waals surface area contributed by atoms with E-state index in [2.05, 4.69) is 11.8 Å². The zero-order valence-electron chi connectivity index (χ0n) is 12.3. The molecule has 2 fully saturated rings. The number of aryl methyl sites for hydroxylation is 1. The number of nitrogens with zero attached hydrogens (tertiary/aromatic N) is 1. The molecule has 1 saturated heterocycles. The monoisotopic (exact) mass is 283 g/mol. The Morgan fingerprint density at radius 3 is 2.38 bits per heavy atom. The third-order valence-electron chi connectivity index (χ3n) is 4.43. The van der Waals surface area contributed by atoms with Crippen LogP contribution in [0.15, 0.2) is 18.2 Å². The van der Waals surface area contributed by atoms with Crippen LogP contribution >= 0.6 is 0 Å². The van der Waals surface area contributed by atoms with E-state index < -0.39 is 0 Å². The van der Waals surface area contributed by atoms with E-state index in [1.807, 2.05) is 32.9 Å². The first-order valence-electron chi connectivity index (χ1n) is 6.97. The first-order valence-corrected chi connectivity index (χ1v) is 6.97. The molecule has 1 aromatic rings. The van der Waals surface area contributed by atoms with Gasteiger partial charge in [0.1, 0.15) is 6.61 Å². The molecule has 2 aliphatic rings. The molecule has 1 heterocycles. The lowest BCUT2D eigenvalue weighted by Crippen LogP contribution is -2.36. The average Bonchev–Trinajstić information content (AvgIpc) is 2.86. The number of amides is 2. The normalized spacial score (nSPS) is 25.4. The minimum atomic E-state index is -0.219. The van der Waals surface area contributed by atoms with Crippen molar-refractivity contribution in [2.24, 2.45) is 17.3 Å². The van der Waals surface area contributed by atoms with Gasteiger partial charge in [0.15, 0.2) is 0 Å². The van der Waals surface area contributed by atoms with Gasteiger partial charge in [-0.1, -0.05) is 25.7 Å². The van der Waals surface area contributed by atoms with Crippen LogP contribution in [-0.2, 0) is 9.59 Å². The van der Waals surface area contributed by atoms with Crippen LogP contribution in [0.4, 0.5) is 5.69 Å². The van der Waals surface area contributed by atoms with Gasteiger partial charge in [0, 0.05) is 5.56 Å². The Morgan fingerprint density at radius 2 is 1.81 bits per heavy atom. The van der Waals surface area contributed by atoms with Gasteiger partial charge in [0.05, 0.1) is 17.5 Å². The predicted molar refractivity (Wildman–Crippen MR) is 78.4 cm³/mol. The van der Waals surface area contributed by atoms with Gasteiger partial charge in [-0.25, -0.2) is 4.90 Å². The summed E-state index contributed by atoms with van der Waals surface area (Å²) in [6, 6.07) is 5.41. The smallest absolute Gasteiger partial charge is 0.238 e. The zero-order valence-corrected chi connectivity index (χ0v) is 12.3. The summed E-state index contributed by atoms with van der Waals surface area (Å²) in [5, 5.41) is 8.77. The summed E-state index contributed by atoms with van der Waals surface area (Å²) in [7, 11) is 0. The molecule has 0 spiro atoms. The number of piperidine rings is 1. The van der Waals surface area contributed by atoms with Crippen LogP contribution in [0.1, 0.15) is 25.0 Å². The molecule has 2 unspecified atom stereocenters. The van der Waals surface area contributed by atoms with Gasteiger partial charge >= 0.3 is 0 Å². The van der Waals surface area contributed by atoms with Crippen LogP contribution < -0.4 is 4.90 Å². The molecule has 2 atom stereocenters. The van der Waals surface area contributed by atoms with E-state index in [1.165, 1.54) is 4.90 Å². The largest absolute Gasteiger partial charge is 0.384 e. The standard InChI is InChI=1S/C17H17NO3/c1-10-7-11(5-4-6-19)9-12(8-10)18-15(20)13-14(16(18)21)17(13,2)3/h7-9,13-14,19H,6H2,1-3H3. The fourth-order valence-electron chi connectivity index (χ4n) is 3.31. The summed E-state index contributed by atoms with van der Waals surface area (Å²) in [5.41, 5.74) is 2.00. The van der Waals surface area contributed by atoms with Crippen molar-refractivity contribution in [3.8, 4) is 11.8 Å². The van der Waals surface area contributed by atoms with Gasteiger partial charge < -0.3 is 5.11 Å². The Labute approximate surface area is 123 Å². The number of hydrogen-bond donors (Lipinski definition) is 1. The molecule has 1 aromatic carbocycles. The zero-order chi connectivity index (χ0) is 15.4. The van der Waals surface area contributed by atoms with E-state index >= 15 is 0 Å². The first kappa shape index (κ1) is 13.8. The van der Waals surface area contributed by atoms with Crippen LogP contribution in [0, 0.1) is 36.0 Å². The number of imide groups is 1. The highest BCUT2D eigenvalue weighted by molar-refractivity contribution is 6.25. The van der Waals surface area contributed by atoms with Crippen molar-refractivity contribution in [1.82, 2.24) is 0 Å². The molecule has 1 saturated carbocycles. The van der Waals surface area contributed by atoms with Gasteiger partial charge in [-0.05, 0) is 36.1 Å². The Hall–Kier alpha value is -2.12. The highest BCUT2D eigenvalue weighted by Gasteiger charge is 2.72. The fraction of sp³-hybridized carbons (Fsp3) is 0.412. The molecule has 1 aliphatic carbocycles. The number of fused-ring (bicyclic) bond motifs is 1. The van der Waals surface area contributed by atoms with Crippen molar-refractivity contribution >= 4 is 17.5 Å². The summed E-state index contributed by atoms with van der Waals surface area (Å²) < 4.78 is 0. The second-order valence-corrected chi connectivity index (χ2v) is 6.31. The molecule has 0 aromatic heterocycles.